The number of rotatable bonds is 4. The number of nitrogens with one attached hydrogen (secondary N) is 1. The molecular formula is C15H24BrNO. The lowest BCUT2D eigenvalue weighted by molar-refractivity contribution is -0.123. The van der Waals surface area contributed by atoms with Crippen LogP contribution in [0.15, 0.2) is 0 Å². The van der Waals surface area contributed by atoms with E-state index in [1.807, 2.05) is 0 Å². The predicted octanol–water partition coefficient (Wildman–Crippen LogP) is 3.49. The highest BCUT2D eigenvalue weighted by Gasteiger charge is 2.40. The molecule has 0 aromatic rings. The second-order valence-corrected chi connectivity index (χ2v) is 7.31. The maximum Gasteiger partial charge on any atom is 0.220 e. The van der Waals surface area contributed by atoms with Gasteiger partial charge in [0, 0.05) is 17.8 Å². The Hall–Kier alpha value is -0.0500. The minimum Gasteiger partial charge on any atom is -0.353 e. The standard InChI is InChI=1S/C15H24BrNO/c16-9-12-2-1-3-14(12)17-15(18)8-13-7-10-4-5-11(13)6-10/h10-14H,1-9H2,(H,17,18). The highest BCUT2D eigenvalue weighted by molar-refractivity contribution is 9.09. The third-order valence-electron chi connectivity index (χ3n) is 5.54. The van der Waals surface area contributed by atoms with Gasteiger partial charge in [0.15, 0.2) is 0 Å². The van der Waals surface area contributed by atoms with Crippen LogP contribution >= 0.6 is 15.9 Å². The van der Waals surface area contributed by atoms with Gasteiger partial charge in [0.2, 0.25) is 5.91 Å². The van der Waals surface area contributed by atoms with Crippen LogP contribution in [0.3, 0.4) is 0 Å². The molecule has 3 fully saturated rings. The van der Waals surface area contributed by atoms with Gasteiger partial charge in [-0.25, -0.2) is 0 Å². The summed E-state index contributed by atoms with van der Waals surface area (Å²) in [5.41, 5.74) is 0. The minimum absolute atomic E-state index is 0.324. The molecule has 102 valence electrons. The summed E-state index contributed by atoms with van der Waals surface area (Å²) in [5, 5.41) is 4.33. The Labute approximate surface area is 118 Å². The number of fused-ring (bicyclic) bond motifs is 2. The van der Waals surface area contributed by atoms with Gasteiger partial charge in [-0.3, -0.25) is 4.79 Å². The minimum atomic E-state index is 0.324. The smallest absolute Gasteiger partial charge is 0.220 e. The maximum atomic E-state index is 12.2. The quantitative estimate of drug-likeness (QED) is 0.791. The van der Waals surface area contributed by atoms with Crippen molar-refractivity contribution in [3.63, 3.8) is 0 Å². The Morgan fingerprint density at radius 3 is 2.67 bits per heavy atom. The van der Waals surface area contributed by atoms with E-state index in [0.717, 1.165) is 23.6 Å². The van der Waals surface area contributed by atoms with E-state index in [0.29, 0.717) is 23.8 Å². The number of hydrogen-bond donors (Lipinski definition) is 1. The molecule has 2 bridgehead atoms. The predicted molar refractivity (Wildman–Crippen MR) is 76.6 cm³/mol. The Balaban J connectivity index is 1.47. The molecule has 18 heavy (non-hydrogen) atoms. The van der Waals surface area contributed by atoms with E-state index in [4.69, 9.17) is 0 Å². The third-order valence-corrected chi connectivity index (χ3v) is 6.37. The zero-order valence-electron chi connectivity index (χ0n) is 11.0. The fraction of sp³-hybridized carbons (Fsp3) is 0.933. The first-order valence-electron chi connectivity index (χ1n) is 7.61. The first-order valence-corrected chi connectivity index (χ1v) is 8.73. The Kier molecular flexibility index (Phi) is 3.97. The van der Waals surface area contributed by atoms with E-state index in [9.17, 15) is 4.79 Å². The van der Waals surface area contributed by atoms with Gasteiger partial charge in [-0.2, -0.15) is 0 Å². The van der Waals surface area contributed by atoms with Crippen molar-refractivity contribution in [3.05, 3.63) is 0 Å². The number of carbonyl (C=O) groups excluding carboxylic acids is 1. The van der Waals surface area contributed by atoms with Crippen LogP contribution in [0.2, 0.25) is 0 Å². The molecule has 3 saturated carbocycles. The molecule has 3 rings (SSSR count). The zero-order chi connectivity index (χ0) is 12.5. The van der Waals surface area contributed by atoms with Crippen molar-refractivity contribution in [1.29, 1.82) is 0 Å². The van der Waals surface area contributed by atoms with Crippen LogP contribution in [0.4, 0.5) is 0 Å². The number of halogens is 1. The molecule has 0 saturated heterocycles. The van der Waals surface area contributed by atoms with Crippen LogP contribution in [0, 0.1) is 23.7 Å². The van der Waals surface area contributed by atoms with Gasteiger partial charge in [-0.05, 0) is 55.8 Å². The summed E-state index contributed by atoms with van der Waals surface area (Å²) >= 11 is 3.57. The molecule has 0 spiro atoms. The molecular weight excluding hydrogens is 290 g/mol. The normalized spacial score (nSPS) is 42.4. The lowest BCUT2D eigenvalue weighted by Crippen LogP contribution is -2.39. The van der Waals surface area contributed by atoms with Crippen LogP contribution in [-0.4, -0.2) is 17.3 Å². The van der Waals surface area contributed by atoms with E-state index >= 15 is 0 Å². The fourth-order valence-electron chi connectivity index (χ4n) is 4.54. The Morgan fingerprint density at radius 2 is 2.00 bits per heavy atom. The van der Waals surface area contributed by atoms with Crippen molar-refractivity contribution >= 4 is 21.8 Å². The SMILES string of the molecule is O=C(CC1CC2CCC1C2)NC1CCCC1CBr. The summed E-state index contributed by atoms with van der Waals surface area (Å²) in [6.45, 7) is 0. The van der Waals surface area contributed by atoms with Crippen LogP contribution in [0.5, 0.6) is 0 Å². The first kappa shape index (κ1) is 13.0. The second kappa shape index (κ2) is 5.52. The molecule has 1 N–H and O–H groups in total. The Morgan fingerprint density at radius 1 is 1.11 bits per heavy atom. The number of alkyl halides is 1. The van der Waals surface area contributed by atoms with Crippen LogP contribution in [0.1, 0.15) is 51.4 Å². The molecule has 1 amide bonds. The van der Waals surface area contributed by atoms with Crippen LogP contribution in [-0.2, 0) is 4.79 Å². The van der Waals surface area contributed by atoms with Gasteiger partial charge < -0.3 is 5.32 Å². The van der Waals surface area contributed by atoms with Crippen LogP contribution < -0.4 is 5.32 Å². The molecule has 5 atom stereocenters. The van der Waals surface area contributed by atoms with E-state index in [1.54, 1.807) is 0 Å². The van der Waals surface area contributed by atoms with Crippen molar-refractivity contribution in [3.8, 4) is 0 Å². The number of hydrogen-bond acceptors (Lipinski definition) is 1. The topological polar surface area (TPSA) is 29.1 Å². The second-order valence-electron chi connectivity index (χ2n) is 6.66. The van der Waals surface area contributed by atoms with Crippen molar-refractivity contribution in [2.24, 2.45) is 23.7 Å². The number of amides is 1. The van der Waals surface area contributed by atoms with E-state index < -0.39 is 0 Å². The molecule has 3 heteroatoms. The van der Waals surface area contributed by atoms with Crippen molar-refractivity contribution in [1.82, 2.24) is 5.32 Å². The monoisotopic (exact) mass is 313 g/mol. The van der Waals surface area contributed by atoms with Gasteiger partial charge in [0.1, 0.15) is 0 Å². The Bertz CT molecular complexity index is 310. The molecule has 0 aliphatic heterocycles. The molecule has 0 aromatic carbocycles. The van der Waals surface area contributed by atoms with Gasteiger partial charge in [0.25, 0.3) is 0 Å². The summed E-state index contributed by atoms with van der Waals surface area (Å²) in [7, 11) is 0. The van der Waals surface area contributed by atoms with Crippen molar-refractivity contribution in [2.45, 2.75) is 57.4 Å². The van der Waals surface area contributed by atoms with Crippen LogP contribution in [0.25, 0.3) is 0 Å². The molecule has 2 nitrogen and oxygen atoms in total. The highest BCUT2D eigenvalue weighted by atomic mass is 79.9. The molecule has 5 unspecified atom stereocenters. The summed E-state index contributed by atoms with van der Waals surface area (Å²) < 4.78 is 0. The van der Waals surface area contributed by atoms with Gasteiger partial charge in [-0.1, -0.05) is 28.8 Å². The summed E-state index contributed by atoms with van der Waals surface area (Å²) in [6, 6.07) is 0.440. The molecule has 0 heterocycles. The maximum absolute atomic E-state index is 12.2. The summed E-state index contributed by atoms with van der Waals surface area (Å²) in [6.07, 6.45) is 10.1. The average Bonchev–Trinajstić information content (AvgIpc) is 3.04. The van der Waals surface area contributed by atoms with Gasteiger partial charge >= 0.3 is 0 Å². The van der Waals surface area contributed by atoms with Gasteiger partial charge in [0.05, 0.1) is 0 Å². The molecule has 3 aliphatic rings. The first-order chi connectivity index (χ1) is 8.76. The van der Waals surface area contributed by atoms with Crippen molar-refractivity contribution in [2.75, 3.05) is 5.33 Å². The van der Waals surface area contributed by atoms with Crippen molar-refractivity contribution < 1.29 is 4.79 Å². The lowest BCUT2D eigenvalue weighted by Gasteiger charge is -2.24. The van der Waals surface area contributed by atoms with Gasteiger partial charge in [-0.15, -0.1) is 0 Å². The summed E-state index contributed by atoms with van der Waals surface area (Å²) in [4.78, 5) is 12.2. The highest BCUT2D eigenvalue weighted by Crippen LogP contribution is 2.49. The third kappa shape index (κ3) is 2.61. The molecule has 3 aliphatic carbocycles. The van der Waals surface area contributed by atoms with E-state index in [1.165, 1.54) is 44.9 Å². The molecule has 0 radical (unpaired) electrons. The zero-order valence-corrected chi connectivity index (χ0v) is 12.6. The average molecular weight is 314 g/mol. The lowest BCUT2D eigenvalue weighted by atomic mass is 9.86. The number of carbonyl (C=O) groups is 1. The van der Waals surface area contributed by atoms with E-state index in [2.05, 4.69) is 21.2 Å². The molecule has 0 aromatic heterocycles. The fourth-order valence-corrected chi connectivity index (χ4v) is 5.32. The largest absolute Gasteiger partial charge is 0.353 e. The summed E-state index contributed by atoms with van der Waals surface area (Å²) in [5.74, 6) is 3.51. The van der Waals surface area contributed by atoms with E-state index in [-0.39, 0.29) is 0 Å².